The van der Waals surface area contributed by atoms with E-state index in [2.05, 4.69) is 39.9 Å². The van der Waals surface area contributed by atoms with Crippen molar-refractivity contribution < 1.29 is 0 Å². The molecule has 0 amide bonds. The van der Waals surface area contributed by atoms with Gasteiger partial charge in [0.1, 0.15) is 0 Å². The number of fused-ring (bicyclic) bond motifs is 1. The second-order valence-corrected chi connectivity index (χ2v) is 8.15. The van der Waals surface area contributed by atoms with E-state index in [1.54, 1.807) is 0 Å². The van der Waals surface area contributed by atoms with Gasteiger partial charge in [0.2, 0.25) is 0 Å². The Labute approximate surface area is 136 Å². The van der Waals surface area contributed by atoms with Gasteiger partial charge in [-0.3, -0.25) is 14.8 Å². The zero-order chi connectivity index (χ0) is 14.9. The van der Waals surface area contributed by atoms with Crippen molar-refractivity contribution in [3.05, 3.63) is 52.0 Å². The van der Waals surface area contributed by atoms with Crippen LogP contribution < -0.4 is 0 Å². The quantitative estimate of drug-likeness (QED) is 0.865. The Bertz CT molecular complexity index is 610. The van der Waals surface area contributed by atoms with Crippen LogP contribution >= 0.6 is 11.3 Å². The third kappa shape index (κ3) is 3.09. The molecule has 2 saturated heterocycles. The molecule has 0 unspecified atom stereocenters. The summed E-state index contributed by atoms with van der Waals surface area (Å²) < 4.78 is 0. The van der Waals surface area contributed by atoms with Gasteiger partial charge in [0.05, 0.1) is 0 Å². The van der Waals surface area contributed by atoms with Crippen LogP contribution in [0, 0.1) is 18.8 Å². The van der Waals surface area contributed by atoms with Gasteiger partial charge in [-0.25, -0.2) is 0 Å². The second-order valence-electron chi connectivity index (χ2n) is 6.78. The van der Waals surface area contributed by atoms with Crippen molar-refractivity contribution >= 4 is 11.3 Å². The third-order valence-electron chi connectivity index (χ3n) is 4.94. The highest BCUT2D eigenvalue weighted by Gasteiger charge is 2.39. The Kier molecular flexibility index (Phi) is 3.99. The highest BCUT2D eigenvalue weighted by atomic mass is 32.1. The van der Waals surface area contributed by atoms with Crippen LogP contribution in [0.3, 0.4) is 0 Å². The fourth-order valence-electron chi connectivity index (χ4n) is 3.99. The molecule has 4 rings (SSSR count). The van der Waals surface area contributed by atoms with Gasteiger partial charge in [-0.15, -0.1) is 11.3 Å². The molecular weight excluding hydrogens is 290 g/mol. The van der Waals surface area contributed by atoms with Gasteiger partial charge in [-0.2, -0.15) is 0 Å². The molecular formula is C18H23N3S. The van der Waals surface area contributed by atoms with Crippen LogP contribution in [0.2, 0.25) is 0 Å². The fraction of sp³-hybridized carbons (Fsp3) is 0.500. The Morgan fingerprint density at radius 3 is 2.36 bits per heavy atom. The van der Waals surface area contributed by atoms with Crippen LogP contribution in [-0.2, 0) is 13.1 Å². The number of thiophene rings is 1. The maximum atomic E-state index is 4.23. The highest BCUT2D eigenvalue weighted by molar-refractivity contribution is 7.11. The van der Waals surface area contributed by atoms with E-state index in [9.17, 15) is 0 Å². The van der Waals surface area contributed by atoms with Crippen molar-refractivity contribution in [2.24, 2.45) is 11.8 Å². The molecule has 22 heavy (non-hydrogen) atoms. The van der Waals surface area contributed by atoms with Crippen molar-refractivity contribution in [3.8, 4) is 0 Å². The van der Waals surface area contributed by atoms with Crippen molar-refractivity contribution in [3.63, 3.8) is 0 Å². The van der Waals surface area contributed by atoms with Crippen LogP contribution in [-0.4, -0.2) is 41.0 Å². The molecule has 116 valence electrons. The van der Waals surface area contributed by atoms with Crippen LogP contribution in [0.1, 0.15) is 15.3 Å². The molecule has 4 heteroatoms. The molecule has 2 aliphatic rings. The number of rotatable bonds is 4. The van der Waals surface area contributed by atoms with Crippen LogP contribution in [0.15, 0.2) is 36.7 Å². The van der Waals surface area contributed by atoms with Crippen molar-refractivity contribution in [1.29, 1.82) is 0 Å². The smallest absolute Gasteiger partial charge is 0.0328 e. The zero-order valence-corrected chi connectivity index (χ0v) is 13.9. The summed E-state index contributed by atoms with van der Waals surface area (Å²) in [5.74, 6) is 1.72. The number of likely N-dealkylation sites (tertiary alicyclic amines) is 2. The SMILES string of the molecule is Cc1ccc(CN2C[C@H]3CN(Cc4cccnc4)C[C@@H]3C2)s1. The summed E-state index contributed by atoms with van der Waals surface area (Å²) in [5, 5.41) is 0. The number of nitrogens with zero attached hydrogens (tertiary/aromatic N) is 3. The predicted octanol–water partition coefficient (Wildman–Crippen LogP) is 3.02. The number of aryl methyl sites for hydroxylation is 1. The first-order chi connectivity index (χ1) is 10.8. The van der Waals surface area contributed by atoms with Gasteiger partial charge in [-0.05, 0) is 42.5 Å². The summed E-state index contributed by atoms with van der Waals surface area (Å²) in [5.41, 5.74) is 1.34. The molecule has 0 spiro atoms. The molecule has 0 radical (unpaired) electrons. The van der Waals surface area contributed by atoms with Gasteiger partial charge in [0, 0.05) is 61.4 Å². The molecule has 0 aliphatic carbocycles. The standard InChI is InChI=1S/C18H23N3S/c1-14-4-5-18(22-14)13-21-11-16-9-20(10-17(16)12-21)8-15-3-2-6-19-7-15/h2-7,16-17H,8-13H2,1H3/t16-,17-/m1/s1. The zero-order valence-electron chi connectivity index (χ0n) is 13.1. The maximum Gasteiger partial charge on any atom is 0.0328 e. The Morgan fingerprint density at radius 2 is 1.77 bits per heavy atom. The number of pyridine rings is 1. The molecule has 3 nitrogen and oxygen atoms in total. The summed E-state index contributed by atoms with van der Waals surface area (Å²) in [6.45, 7) is 9.44. The normalized spacial score (nSPS) is 25.7. The first-order valence-electron chi connectivity index (χ1n) is 8.15. The Hall–Kier alpha value is -1.23. The van der Waals surface area contributed by atoms with E-state index in [-0.39, 0.29) is 0 Å². The van der Waals surface area contributed by atoms with Crippen LogP contribution in [0.4, 0.5) is 0 Å². The molecule has 0 saturated carbocycles. The van der Waals surface area contributed by atoms with E-state index in [0.29, 0.717) is 0 Å². The van der Waals surface area contributed by atoms with Gasteiger partial charge < -0.3 is 0 Å². The summed E-state index contributed by atoms with van der Waals surface area (Å²) in [6, 6.07) is 8.76. The number of hydrogen-bond donors (Lipinski definition) is 0. The molecule has 2 fully saturated rings. The molecule has 2 aromatic rings. The minimum atomic E-state index is 0.859. The van der Waals surface area contributed by atoms with Crippen LogP contribution in [0.5, 0.6) is 0 Å². The molecule has 0 bridgehead atoms. The monoisotopic (exact) mass is 313 g/mol. The lowest BCUT2D eigenvalue weighted by Gasteiger charge is -2.20. The molecule has 0 N–H and O–H groups in total. The Morgan fingerprint density at radius 1 is 1.05 bits per heavy atom. The minimum absolute atomic E-state index is 0.859. The lowest BCUT2D eigenvalue weighted by molar-refractivity contribution is 0.247. The predicted molar refractivity (Wildman–Crippen MR) is 90.8 cm³/mol. The Balaban J connectivity index is 1.31. The van der Waals surface area contributed by atoms with Crippen molar-refractivity contribution in [2.75, 3.05) is 26.2 Å². The summed E-state index contributed by atoms with van der Waals surface area (Å²) in [4.78, 5) is 12.4. The van der Waals surface area contributed by atoms with E-state index < -0.39 is 0 Å². The molecule has 2 aliphatic heterocycles. The van der Waals surface area contributed by atoms with Crippen LogP contribution in [0.25, 0.3) is 0 Å². The molecule has 4 heterocycles. The third-order valence-corrected chi connectivity index (χ3v) is 5.93. The van der Waals surface area contributed by atoms with E-state index >= 15 is 0 Å². The summed E-state index contributed by atoms with van der Waals surface area (Å²) >= 11 is 1.95. The van der Waals surface area contributed by atoms with Crippen molar-refractivity contribution in [1.82, 2.24) is 14.8 Å². The van der Waals surface area contributed by atoms with E-state index in [1.807, 2.05) is 29.8 Å². The maximum absolute atomic E-state index is 4.23. The van der Waals surface area contributed by atoms with Gasteiger partial charge in [0.15, 0.2) is 0 Å². The molecule has 0 aromatic carbocycles. The van der Waals surface area contributed by atoms with Crippen molar-refractivity contribution in [2.45, 2.75) is 20.0 Å². The average Bonchev–Trinajstić information content (AvgIpc) is 3.16. The van der Waals surface area contributed by atoms with Gasteiger partial charge in [0.25, 0.3) is 0 Å². The first-order valence-corrected chi connectivity index (χ1v) is 8.97. The van der Waals surface area contributed by atoms with E-state index in [1.165, 1.54) is 41.5 Å². The largest absolute Gasteiger partial charge is 0.298 e. The second kappa shape index (κ2) is 6.11. The van der Waals surface area contributed by atoms with Gasteiger partial charge >= 0.3 is 0 Å². The first kappa shape index (κ1) is 14.4. The van der Waals surface area contributed by atoms with E-state index in [4.69, 9.17) is 0 Å². The fourth-order valence-corrected chi connectivity index (χ4v) is 4.92. The average molecular weight is 313 g/mol. The molecule has 2 atom stereocenters. The molecule has 2 aromatic heterocycles. The lowest BCUT2D eigenvalue weighted by atomic mass is 10.0. The van der Waals surface area contributed by atoms with E-state index in [0.717, 1.165) is 24.9 Å². The van der Waals surface area contributed by atoms with Gasteiger partial charge in [-0.1, -0.05) is 6.07 Å². The topological polar surface area (TPSA) is 19.4 Å². The summed E-state index contributed by atoms with van der Waals surface area (Å²) in [6.07, 6.45) is 3.85. The number of hydrogen-bond acceptors (Lipinski definition) is 4. The summed E-state index contributed by atoms with van der Waals surface area (Å²) in [7, 11) is 0. The lowest BCUT2D eigenvalue weighted by Crippen LogP contribution is -2.28. The number of aromatic nitrogens is 1. The minimum Gasteiger partial charge on any atom is -0.298 e. The highest BCUT2D eigenvalue weighted by Crippen LogP contribution is 2.33.